The second-order valence-electron chi connectivity index (χ2n) is 4.47. The molecule has 3 unspecified atom stereocenters. The summed E-state index contributed by atoms with van der Waals surface area (Å²) in [6.07, 6.45) is 4.95. The van der Waals surface area contributed by atoms with Crippen LogP contribution in [-0.4, -0.2) is 25.8 Å². The van der Waals surface area contributed by atoms with Crippen LogP contribution in [0.2, 0.25) is 0 Å². The standard InChI is InChI=1S/C13H25NO/c1-5-10(3)9-12(14-4)11-7-8-15-13(11)6-2/h11-14H,3,5-9H2,1-2,4H3. The normalized spacial score (nSPS) is 27.9. The van der Waals surface area contributed by atoms with E-state index in [-0.39, 0.29) is 0 Å². The summed E-state index contributed by atoms with van der Waals surface area (Å²) in [5, 5.41) is 3.43. The maximum atomic E-state index is 5.74. The van der Waals surface area contributed by atoms with Crippen LogP contribution < -0.4 is 5.32 Å². The van der Waals surface area contributed by atoms with Gasteiger partial charge in [0.15, 0.2) is 0 Å². The van der Waals surface area contributed by atoms with Gasteiger partial charge in [-0.05, 0) is 32.7 Å². The summed E-state index contributed by atoms with van der Waals surface area (Å²) >= 11 is 0. The molecule has 0 bridgehead atoms. The van der Waals surface area contributed by atoms with Crippen molar-refractivity contribution in [2.45, 2.75) is 51.7 Å². The third-order valence-corrected chi connectivity index (χ3v) is 3.56. The van der Waals surface area contributed by atoms with E-state index in [1.54, 1.807) is 0 Å². The summed E-state index contributed by atoms with van der Waals surface area (Å²) in [6, 6.07) is 0.546. The van der Waals surface area contributed by atoms with E-state index in [0.29, 0.717) is 18.1 Å². The third kappa shape index (κ3) is 3.32. The molecule has 2 heteroatoms. The molecule has 1 aliphatic heterocycles. The Morgan fingerprint density at radius 2 is 2.27 bits per heavy atom. The lowest BCUT2D eigenvalue weighted by molar-refractivity contribution is 0.0782. The Balaban J connectivity index is 2.53. The van der Waals surface area contributed by atoms with Gasteiger partial charge in [-0.15, -0.1) is 0 Å². The third-order valence-electron chi connectivity index (χ3n) is 3.56. The summed E-state index contributed by atoms with van der Waals surface area (Å²) < 4.78 is 5.74. The Morgan fingerprint density at radius 1 is 1.53 bits per heavy atom. The SMILES string of the molecule is C=C(CC)CC(NC)C1CCOC1CC. The Hall–Kier alpha value is -0.340. The van der Waals surface area contributed by atoms with Crippen LogP contribution in [0.25, 0.3) is 0 Å². The minimum Gasteiger partial charge on any atom is -0.378 e. The lowest BCUT2D eigenvalue weighted by Crippen LogP contribution is -2.38. The van der Waals surface area contributed by atoms with Gasteiger partial charge in [-0.1, -0.05) is 26.0 Å². The molecule has 0 aromatic rings. The predicted molar refractivity (Wildman–Crippen MR) is 65.0 cm³/mol. The smallest absolute Gasteiger partial charge is 0.0616 e. The van der Waals surface area contributed by atoms with Crippen molar-refractivity contribution in [3.63, 3.8) is 0 Å². The van der Waals surface area contributed by atoms with Crippen LogP contribution in [0, 0.1) is 5.92 Å². The lowest BCUT2D eigenvalue weighted by atomic mass is 9.87. The number of hydrogen-bond donors (Lipinski definition) is 1. The van der Waals surface area contributed by atoms with Gasteiger partial charge in [0, 0.05) is 18.6 Å². The highest BCUT2D eigenvalue weighted by molar-refractivity contribution is 4.99. The van der Waals surface area contributed by atoms with E-state index in [2.05, 4.69) is 32.8 Å². The second-order valence-corrected chi connectivity index (χ2v) is 4.47. The molecule has 1 fully saturated rings. The second kappa shape index (κ2) is 6.29. The van der Waals surface area contributed by atoms with E-state index >= 15 is 0 Å². The highest BCUT2D eigenvalue weighted by atomic mass is 16.5. The first kappa shape index (κ1) is 12.7. The monoisotopic (exact) mass is 211 g/mol. The molecular weight excluding hydrogens is 186 g/mol. The highest BCUT2D eigenvalue weighted by Gasteiger charge is 2.32. The van der Waals surface area contributed by atoms with Gasteiger partial charge in [0.1, 0.15) is 0 Å². The van der Waals surface area contributed by atoms with Gasteiger partial charge in [-0.2, -0.15) is 0 Å². The molecule has 0 amide bonds. The van der Waals surface area contributed by atoms with Crippen molar-refractivity contribution in [3.8, 4) is 0 Å². The van der Waals surface area contributed by atoms with Crippen molar-refractivity contribution in [2.24, 2.45) is 5.92 Å². The van der Waals surface area contributed by atoms with Crippen molar-refractivity contribution in [1.82, 2.24) is 5.32 Å². The zero-order valence-electron chi connectivity index (χ0n) is 10.4. The molecule has 0 aliphatic carbocycles. The minimum absolute atomic E-state index is 0.451. The molecule has 1 heterocycles. The summed E-state index contributed by atoms with van der Waals surface area (Å²) in [5.74, 6) is 0.670. The van der Waals surface area contributed by atoms with Crippen LogP contribution in [0.4, 0.5) is 0 Å². The Labute approximate surface area is 94.1 Å². The van der Waals surface area contributed by atoms with Crippen molar-refractivity contribution in [1.29, 1.82) is 0 Å². The number of ether oxygens (including phenoxy) is 1. The van der Waals surface area contributed by atoms with Gasteiger partial charge in [-0.25, -0.2) is 0 Å². The quantitative estimate of drug-likeness (QED) is 0.682. The molecule has 1 N–H and O–H groups in total. The Bertz CT molecular complexity index is 203. The van der Waals surface area contributed by atoms with Crippen molar-refractivity contribution in [3.05, 3.63) is 12.2 Å². The first-order valence-corrected chi connectivity index (χ1v) is 6.18. The van der Waals surface area contributed by atoms with Crippen LogP contribution in [0.1, 0.15) is 39.5 Å². The predicted octanol–water partition coefficient (Wildman–Crippen LogP) is 2.75. The van der Waals surface area contributed by atoms with Gasteiger partial charge in [0.05, 0.1) is 6.10 Å². The molecule has 0 aromatic carbocycles. The van der Waals surface area contributed by atoms with Gasteiger partial charge < -0.3 is 10.1 Å². The number of hydrogen-bond acceptors (Lipinski definition) is 2. The van der Waals surface area contributed by atoms with Crippen molar-refractivity contribution >= 4 is 0 Å². The van der Waals surface area contributed by atoms with Crippen LogP contribution in [0.5, 0.6) is 0 Å². The summed E-state index contributed by atoms with van der Waals surface area (Å²) in [6.45, 7) is 9.42. The van der Waals surface area contributed by atoms with Crippen molar-refractivity contribution < 1.29 is 4.74 Å². The molecular formula is C13H25NO. The molecule has 1 aliphatic rings. The fourth-order valence-electron chi connectivity index (χ4n) is 2.47. The maximum absolute atomic E-state index is 5.74. The van der Waals surface area contributed by atoms with Crippen LogP contribution >= 0.6 is 0 Å². The molecule has 88 valence electrons. The fraction of sp³-hybridized carbons (Fsp3) is 0.846. The van der Waals surface area contributed by atoms with Gasteiger partial charge in [0.2, 0.25) is 0 Å². The minimum atomic E-state index is 0.451. The molecule has 0 radical (unpaired) electrons. The first-order valence-electron chi connectivity index (χ1n) is 6.18. The van der Waals surface area contributed by atoms with E-state index < -0.39 is 0 Å². The van der Waals surface area contributed by atoms with E-state index in [1.807, 2.05) is 0 Å². The number of nitrogens with one attached hydrogen (secondary N) is 1. The molecule has 1 saturated heterocycles. The molecule has 0 saturated carbocycles. The Kier molecular flexibility index (Phi) is 5.34. The average Bonchev–Trinajstić information content (AvgIpc) is 2.73. The largest absolute Gasteiger partial charge is 0.378 e. The van der Waals surface area contributed by atoms with Crippen LogP contribution in [0.15, 0.2) is 12.2 Å². The highest BCUT2D eigenvalue weighted by Crippen LogP contribution is 2.29. The molecule has 1 rings (SSSR count). The van der Waals surface area contributed by atoms with Gasteiger partial charge in [0.25, 0.3) is 0 Å². The van der Waals surface area contributed by atoms with E-state index in [1.165, 1.54) is 12.0 Å². The van der Waals surface area contributed by atoms with Crippen molar-refractivity contribution in [2.75, 3.05) is 13.7 Å². The fourth-order valence-corrected chi connectivity index (χ4v) is 2.47. The summed E-state index contributed by atoms with van der Waals surface area (Å²) in [7, 11) is 2.05. The van der Waals surface area contributed by atoms with E-state index in [0.717, 1.165) is 25.9 Å². The maximum Gasteiger partial charge on any atom is 0.0616 e. The van der Waals surface area contributed by atoms with Crippen LogP contribution in [0.3, 0.4) is 0 Å². The molecule has 0 spiro atoms. The molecule has 0 aromatic heterocycles. The van der Waals surface area contributed by atoms with Gasteiger partial charge in [-0.3, -0.25) is 0 Å². The molecule has 2 nitrogen and oxygen atoms in total. The zero-order valence-corrected chi connectivity index (χ0v) is 10.4. The van der Waals surface area contributed by atoms with Gasteiger partial charge >= 0.3 is 0 Å². The lowest BCUT2D eigenvalue weighted by Gasteiger charge is -2.27. The zero-order chi connectivity index (χ0) is 11.3. The average molecular weight is 211 g/mol. The van der Waals surface area contributed by atoms with E-state index in [9.17, 15) is 0 Å². The summed E-state index contributed by atoms with van der Waals surface area (Å²) in [5.41, 5.74) is 1.34. The Morgan fingerprint density at radius 3 is 2.80 bits per heavy atom. The first-order chi connectivity index (χ1) is 7.22. The summed E-state index contributed by atoms with van der Waals surface area (Å²) in [4.78, 5) is 0. The number of rotatable bonds is 6. The van der Waals surface area contributed by atoms with Crippen LogP contribution in [-0.2, 0) is 4.74 Å². The molecule has 15 heavy (non-hydrogen) atoms. The van der Waals surface area contributed by atoms with E-state index in [4.69, 9.17) is 4.74 Å². The molecule has 3 atom stereocenters. The topological polar surface area (TPSA) is 21.3 Å².